The predicted molar refractivity (Wildman–Crippen MR) is 68.6 cm³/mol. The van der Waals surface area contributed by atoms with Gasteiger partial charge in [-0.15, -0.1) is 0 Å². The summed E-state index contributed by atoms with van der Waals surface area (Å²) in [6.45, 7) is 2.63. The van der Waals surface area contributed by atoms with Crippen LogP contribution in [0.2, 0.25) is 0 Å². The first-order valence-electron chi connectivity index (χ1n) is 6.43. The Bertz CT molecular complexity index is 401. The molecule has 0 radical (unpaired) electrons. The van der Waals surface area contributed by atoms with Crippen LogP contribution in [0.15, 0.2) is 24.3 Å². The molecule has 0 heterocycles. The molecule has 0 spiro atoms. The standard InChI is InChI=1S/C14H19FN2O/c1-10(11-2-4-12(15)5-3-11)17-14(18)8-9-16-13-6-7-13/h2-5,10,13,16H,6-9H2,1H3,(H,17,18)/t10-/m0/s1. The molecule has 2 rings (SSSR count). The van der Waals surface area contributed by atoms with Gasteiger partial charge in [0, 0.05) is 19.0 Å². The molecule has 0 saturated heterocycles. The molecule has 0 aliphatic heterocycles. The van der Waals surface area contributed by atoms with Gasteiger partial charge in [0.15, 0.2) is 0 Å². The summed E-state index contributed by atoms with van der Waals surface area (Å²) in [5.74, 6) is -0.231. The van der Waals surface area contributed by atoms with Gasteiger partial charge in [0.25, 0.3) is 0 Å². The van der Waals surface area contributed by atoms with Gasteiger partial charge in [-0.25, -0.2) is 4.39 Å². The lowest BCUT2D eigenvalue weighted by atomic mass is 10.1. The molecular formula is C14H19FN2O. The fraction of sp³-hybridized carbons (Fsp3) is 0.500. The van der Waals surface area contributed by atoms with E-state index in [9.17, 15) is 9.18 Å². The monoisotopic (exact) mass is 250 g/mol. The van der Waals surface area contributed by atoms with Crippen LogP contribution in [0.5, 0.6) is 0 Å². The Hall–Kier alpha value is -1.42. The first kappa shape index (κ1) is 13.0. The van der Waals surface area contributed by atoms with E-state index in [1.807, 2.05) is 6.92 Å². The van der Waals surface area contributed by atoms with Gasteiger partial charge < -0.3 is 10.6 Å². The molecule has 1 aliphatic rings. The Morgan fingerprint density at radius 2 is 2.06 bits per heavy atom. The van der Waals surface area contributed by atoms with Crippen LogP contribution in [0.25, 0.3) is 0 Å². The minimum absolute atomic E-state index is 0.0278. The average Bonchev–Trinajstić information content (AvgIpc) is 3.13. The summed E-state index contributed by atoms with van der Waals surface area (Å²) < 4.78 is 12.8. The van der Waals surface area contributed by atoms with Crippen molar-refractivity contribution < 1.29 is 9.18 Å². The lowest BCUT2D eigenvalue weighted by Gasteiger charge is -2.14. The van der Waals surface area contributed by atoms with Gasteiger partial charge in [-0.3, -0.25) is 4.79 Å². The van der Waals surface area contributed by atoms with Gasteiger partial charge in [0.2, 0.25) is 5.91 Å². The third-order valence-corrected chi connectivity index (χ3v) is 3.11. The number of benzene rings is 1. The normalized spacial score (nSPS) is 16.3. The van der Waals surface area contributed by atoms with Crippen molar-refractivity contribution in [2.45, 2.75) is 38.3 Å². The number of rotatable bonds is 6. The molecule has 1 atom stereocenters. The van der Waals surface area contributed by atoms with Crippen LogP contribution in [0.4, 0.5) is 4.39 Å². The summed E-state index contributed by atoms with van der Waals surface area (Å²) in [6.07, 6.45) is 2.95. The Morgan fingerprint density at radius 3 is 2.67 bits per heavy atom. The van der Waals surface area contributed by atoms with Gasteiger partial charge in [-0.05, 0) is 37.5 Å². The van der Waals surface area contributed by atoms with Crippen LogP contribution in [0.1, 0.15) is 37.8 Å². The molecule has 1 amide bonds. The fourth-order valence-electron chi connectivity index (χ4n) is 1.83. The third-order valence-electron chi connectivity index (χ3n) is 3.11. The predicted octanol–water partition coefficient (Wildman–Crippen LogP) is 2.14. The minimum Gasteiger partial charge on any atom is -0.350 e. The van der Waals surface area contributed by atoms with Crippen LogP contribution < -0.4 is 10.6 Å². The van der Waals surface area contributed by atoms with Crippen LogP contribution in [-0.2, 0) is 4.79 Å². The minimum atomic E-state index is -0.258. The van der Waals surface area contributed by atoms with Gasteiger partial charge in [0.1, 0.15) is 5.82 Å². The number of amides is 1. The van der Waals surface area contributed by atoms with Crippen molar-refractivity contribution in [3.8, 4) is 0 Å². The fourth-order valence-corrected chi connectivity index (χ4v) is 1.83. The molecule has 1 aromatic rings. The van der Waals surface area contributed by atoms with E-state index < -0.39 is 0 Å². The molecule has 1 aliphatic carbocycles. The van der Waals surface area contributed by atoms with Crippen LogP contribution in [-0.4, -0.2) is 18.5 Å². The SMILES string of the molecule is C[C@H](NC(=O)CCNC1CC1)c1ccc(F)cc1. The van der Waals surface area contributed by atoms with Crippen molar-refractivity contribution in [1.29, 1.82) is 0 Å². The van der Waals surface area contributed by atoms with E-state index in [1.165, 1.54) is 25.0 Å². The molecule has 0 aromatic heterocycles. The van der Waals surface area contributed by atoms with E-state index in [1.54, 1.807) is 12.1 Å². The highest BCUT2D eigenvalue weighted by Gasteiger charge is 2.20. The number of carbonyl (C=O) groups is 1. The Balaban J connectivity index is 1.73. The number of hydrogen-bond donors (Lipinski definition) is 2. The molecule has 1 saturated carbocycles. The van der Waals surface area contributed by atoms with Crippen molar-refractivity contribution in [2.24, 2.45) is 0 Å². The highest BCUT2D eigenvalue weighted by molar-refractivity contribution is 5.76. The second kappa shape index (κ2) is 5.96. The van der Waals surface area contributed by atoms with Gasteiger partial charge in [-0.1, -0.05) is 12.1 Å². The molecule has 0 unspecified atom stereocenters. The second-order valence-corrected chi connectivity index (χ2v) is 4.82. The number of halogens is 1. The van der Waals surface area contributed by atoms with Crippen LogP contribution in [0.3, 0.4) is 0 Å². The lowest BCUT2D eigenvalue weighted by Crippen LogP contribution is -2.30. The maximum atomic E-state index is 12.8. The largest absolute Gasteiger partial charge is 0.350 e. The second-order valence-electron chi connectivity index (χ2n) is 4.82. The molecular weight excluding hydrogens is 231 g/mol. The molecule has 1 aromatic carbocycles. The lowest BCUT2D eigenvalue weighted by molar-refractivity contribution is -0.121. The van der Waals surface area contributed by atoms with E-state index in [0.29, 0.717) is 12.5 Å². The van der Waals surface area contributed by atoms with Gasteiger partial charge in [0.05, 0.1) is 6.04 Å². The molecule has 18 heavy (non-hydrogen) atoms. The first-order chi connectivity index (χ1) is 8.65. The van der Waals surface area contributed by atoms with Crippen molar-refractivity contribution in [3.63, 3.8) is 0 Å². The molecule has 98 valence electrons. The zero-order chi connectivity index (χ0) is 13.0. The van der Waals surface area contributed by atoms with Crippen LogP contribution in [0, 0.1) is 5.82 Å². The summed E-state index contributed by atoms with van der Waals surface area (Å²) in [6, 6.07) is 6.76. The zero-order valence-corrected chi connectivity index (χ0v) is 10.6. The van der Waals surface area contributed by atoms with E-state index >= 15 is 0 Å². The highest BCUT2D eigenvalue weighted by atomic mass is 19.1. The highest BCUT2D eigenvalue weighted by Crippen LogP contribution is 2.18. The maximum absolute atomic E-state index is 12.8. The average molecular weight is 250 g/mol. The van der Waals surface area contributed by atoms with Crippen molar-refractivity contribution in [2.75, 3.05) is 6.54 Å². The third kappa shape index (κ3) is 4.11. The van der Waals surface area contributed by atoms with Crippen molar-refractivity contribution in [1.82, 2.24) is 10.6 Å². The number of nitrogens with one attached hydrogen (secondary N) is 2. The van der Waals surface area contributed by atoms with E-state index in [-0.39, 0.29) is 17.8 Å². The molecule has 3 nitrogen and oxygen atoms in total. The summed E-state index contributed by atoms with van der Waals surface area (Å²) in [7, 11) is 0. The zero-order valence-electron chi connectivity index (χ0n) is 10.6. The van der Waals surface area contributed by atoms with Crippen molar-refractivity contribution >= 4 is 5.91 Å². The van der Waals surface area contributed by atoms with Gasteiger partial charge in [-0.2, -0.15) is 0 Å². The smallest absolute Gasteiger partial charge is 0.221 e. The van der Waals surface area contributed by atoms with E-state index in [0.717, 1.165) is 12.1 Å². The number of hydrogen-bond acceptors (Lipinski definition) is 2. The summed E-state index contributed by atoms with van der Waals surface area (Å²) in [4.78, 5) is 11.7. The maximum Gasteiger partial charge on any atom is 0.221 e. The molecule has 2 N–H and O–H groups in total. The molecule has 0 bridgehead atoms. The molecule has 4 heteroatoms. The first-order valence-corrected chi connectivity index (χ1v) is 6.43. The topological polar surface area (TPSA) is 41.1 Å². The van der Waals surface area contributed by atoms with E-state index in [4.69, 9.17) is 0 Å². The number of carbonyl (C=O) groups excluding carboxylic acids is 1. The van der Waals surface area contributed by atoms with Crippen LogP contribution >= 0.6 is 0 Å². The Morgan fingerprint density at radius 1 is 1.39 bits per heavy atom. The van der Waals surface area contributed by atoms with E-state index in [2.05, 4.69) is 10.6 Å². The Kier molecular flexibility index (Phi) is 4.31. The summed E-state index contributed by atoms with van der Waals surface area (Å²) in [5, 5.41) is 6.21. The Labute approximate surface area is 107 Å². The molecule has 1 fully saturated rings. The summed E-state index contributed by atoms with van der Waals surface area (Å²) >= 11 is 0. The van der Waals surface area contributed by atoms with Gasteiger partial charge >= 0.3 is 0 Å². The van der Waals surface area contributed by atoms with Crippen molar-refractivity contribution in [3.05, 3.63) is 35.6 Å². The summed E-state index contributed by atoms with van der Waals surface area (Å²) in [5.41, 5.74) is 0.917. The quantitative estimate of drug-likeness (QED) is 0.812.